The van der Waals surface area contributed by atoms with Crippen molar-refractivity contribution in [2.75, 3.05) is 6.54 Å². The van der Waals surface area contributed by atoms with Crippen molar-refractivity contribution >= 4 is 21.6 Å². The van der Waals surface area contributed by atoms with Gasteiger partial charge < -0.3 is 0 Å². The van der Waals surface area contributed by atoms with E-state index in [0.717, 1.165) is 42.5 Å². The number of hydrogen-bond acceptors (Lipinski definition) is 4. The average molecular weight is 498 g/mol. The monoisotopic (exact) mass is 497 g/mol. The van der Waals surface area contributed by atoms with Crippen molar-refractivity contribution in [2.45, 2.75) is 89.0 Å². The first-order valence-electron chi connectivity index (χ1n) is 12.9. The van der Waals surface area contributed by atoms with Crippen LogP contribution in [0.4, 0.5) is 0 Å². The van der Waals surface area contributed by atoms with E-state index >= 15 is 0 Å². The summed E-state index contributed by atoms with van der Waals surface area (Å²) in [6, 6.07) is 16.0. The van der Waals surface area contributed by atoms with Gasteiger partial charge in [0.25, 0.3) is 5.91 Å². The molecule has 7 heteroatoms. The lowest BCUT2D eigenvalue weighted by atomic mass is 10.00. The van der Waals surface area contributed by atoms with Crippen LogP contribution in [0.5, 0.6) is 0 Å². The van der Waals surface area contributed by atoms with Gasteiger partial charge in [0.1, 0.15) is 0 Å². The number of hydrogen-bond donors (Lipinski definition) is 1. The first-order chi connectivity index (χ1) is 16.9. The molecule has 0 aliphatic heterocycles. The second-order valence-corrected chi connectivity index (χ2v) is 11.4. The van der Waals surface area contributed by atoms with Gasteiger partial charge in [-0.3, -0.25) is 4.79 Å². The predicted octanol–water partition coefficient (Wildman–Crippen LogP) is 5.96. The highest BCUT2D eigenvalue weighted by Crippen LogP contribution is 2.19. The molecule has 0 spiro atoms. The Bertz CT molecular complexity index is 1040. The molecule has 0 saturated heterocycles. The van der Waals surface area contributed by atoms with Gasteiger partial charge in [-0.05, 0) is 50.3 Å². The molecule has 3 rings (SSSR count). The maximum absolute atomic E-state index is 13.4. The molecule has 190 valence electrons. The quantitative estimate of drug-likeness (QED) is 0.479. The van der Waals surface area contributed by atoms with Crippen molar-refractivity contribution in [2.24, 2.45) is 5.10 Å². The largest absolute Gasteiger partial charge is 0.272 e. The van der Waals surface area contributed by atoms with Gasteiger partial charge in [0, 0.05) is 12.3 Å². The van der Waals surface area contributed by atoms with Crippen LogP contribution in [0.25, 0.3) is 0 Å². The molecule has 1 N–H and O–H groups in total. The second-order valence-electron chi connectivity index (χ2n) is 9.47. The Kier molecular flexibility index (Phi) is 10.9. The van der Waals surface area contributed by atoms with E-state index < -0.39 is 15.9 Å². The smallest absolute Gasteiger partial charge is 0.255 e. The summed E-state index contributed by atoms with van der Waals surface area (Å²) >= 11 is 0. The van der Waals surface area contributed by atoms with Crippen LogP contribution in [0.3, 0.4) is 0 Å². The zero-order valence-electron chi connectivity index (χ0n) is 20.9. The molecule has 6 nitrogen and oxygen atoms in total. The van der Waals surface area contributed by atoms with E-state index in [1.54, 1.807) is 24.3 Å². The van der Waals surface area contributed by atoms with Crippen molar-refractivity contribution in [3.8, 4) is 0 Å². The maximum Gasteiger partial charge on any atom is 0.255 e. The van der Waals surface area contributed by atoms with E-state index in [4.69, 9.17) is 0 Å². The van der Waals surface area contributed by atoms with E-state index in [2.05, 4.69) is 10.5 Å². The number of benzene rings is 2. The summed E-state index contributed by atoms with van der Waals surface area (Å²) in [5.74, 6) is -0.421. The summed E-state index contributed by atoms with van der Waals surface area (Å²) in [6.07, 6.45) is 12.8. The standard InChI is InChI=1S/C28H39N3O3S/c1-24-18-20-27(21-19-24)35(33,34)31(22-25-14-10-9-11-15-25)23-28(32)30-29-26-16-12-7-5-3-2-4-6-8-13-17-26/h9-11,14-15,18-21H,2-8,12-13,16-17,22-23H2,1H3,(H,30,32). The molecule has 0 bridgehead atoms. The molecule has 2 aromatic rings. The zero-order chi connectivity index (χ0) is 24.9. The highest BCUT2D eigenvalue weighted by atomic mass is 32.2. The summed E-state index contributed by atoms with van der Waals surface area (Å²) in [5.41, 5.74) is 5.46. The third kappa shape index (κ3) is 9.22. The molecule has 1 fully saturated rings. The highest BCUT2D eigenvalue weighted by molar-refractivity contribution is 7.89. The van der Waals surface area contributed by atoms with Crippen LogP contribution in [0.15, 0.2) is 64.6 Å². The molecule has 2 aromatic carbocycles. The summed E-state index contributed by atoms with van der Waals surface area (Å²) in [5, 5.41) is 4.43. The fraction of sp³-hybridized carbons (Fsp3) is 0.500. The van der Waals surface area contributed by atoms with E-state index in [1.807, 2.05) is 37.3 Å². The fourth-order valence-corrected chi connectivity index (χ4v) is 5.73. The van der Waals surface area contributed by atoms with Crippen molar-refractivity contribution in [1.29, 1.82) is 0 Å². The number of aryl methyl sites for hydroxylation is 1. The van der Waals surface area contributed by atoms with Crippen molar-refractivity contribution in [3.05, 3.63) is 65.7 Å². The highest BCUT2D eigenvalue weighted by Gasteiger charge is 2.27. The van der Waals surface area contributed by atoms with Crippen LogP contribution < -0.4 is 5.43 Å². The Hall–Kier alpha value is -2.51. The Labute approximate surface area is 210 Å². The molecule has 0 unspecified atom stereocenters. The topological polar surface area (TPSA) is 78.8 Å². The van der Waals surface area contributed by atoms with Gasteiger partial charge in [-0.1, -0.05) is 93.0 Å². The summed E-state index contributed by atoms with van der Waals surface area (Å²) in [7, 11) is -3.86. The first-order valence-corrected chi connectivity index (χ1v) is 14.3. The summed E-state index contributed by atoms with van der Waals surface area (Å²) in [4.78, 5) is 13.0. The Morgan fingerprint density at radius 3 is 1.94 bits per heavy atom. The lowest BCUT2D eigenvalue weighted by Gasteiger charge is -2.22. The number of hydrazone groups is 1. The van der Waals surface area contributed by atoms with Crippen LogP contribution >= 0.6 is 0 Å². The molecule has 35 heavy (non-hydrogen) atoms. The molecule has 1 aliphatic rings. The molecule has 1 amide bonds. The lowest BCUT2D eigenvalue weighted by molar-refractivity contribution is -0.121. The zero-order valence-corrected chi connectivity index (χ0v) is 21.7. The van der Waals surface area contributed by atoms with Crippen LogP contribution in [0.2, 0.25) is 0 Å². The minimum atomic E-state index is -3.86. The van der Waals surface area contributed by atoms with Gasteiger partial charge in [-0.2, -0.15) is 9.41 Å². The van der Waals surface area contributed by atoms with E-state index in [1.165, 1.54) is 49.3 Å². The Balaban J connectivity index is 1.70. The third-order valence-electron chi connectivity index (χ3n) is 6.45. The van der Waals surface area contributed by atoms with Crippen LogP contribution in [-0.4, -0.2) is 30.9 Å². The molecule has 0 heterocycles. The normalized spacial score (nSPS) is 16.2. The molecule has 0 radical (unpaired) electrons. The molecule has 0 aromatic heterocycles. The Morgan fingerprint density at radius 1 is 0.829 bits per heavy atom. The SMILES string of the molecule is Cc1ccc(S(=O)(=O)N(CC(=O)NN=C2CCCCCCCCCCC2)Cc2ccccc2)cc1. The number of nitrogens with zero attached hydrogens (tertiary/aromatic N) is 2. The second kappa shape index (κ2) is 14.1. The molecule has 1 aliphatic carbocycles. The minimum absolute atomic E-state index is 0.112. The predicted molar refractivity (Wildman–Crippen MR) is 142 cm³/mol. The van der Waals surface area contributed by atoms with Gasteiger partial charge in [0.2, 0.25) is 10.0 Å². The molecule has 1 saturated carbocycles. The number of carbonyl (C=O) groups excluding carboxylic acids is 1. The number of nitrogens with one attached hydrogen (secondary N) is 1. The maximum atomic E-state index is 13.4. The average Bonchev–Trinajstić information content (AvgIpc) is 2.84. The third-order valence-corrected chi connectivity index (χ3v) is 8.26. The van der Waals surface area contributed by atoms with Gasteiger partial charge >= 0.3 is 0 Å². The van der Waals surface area contributed by atoms with Crippen molar-refractivity contribution < 1.29 is 13.2 Å². The van der Waals surface area contributed by atoms with Crippen LogP contribution in [0, 0.1) is 6.92 Å². The summed E-state index contributed by atoms with van der Waals surface area (Å²) in [6.45, 7) is 1.73. The van der Waals surface area contributed by atoms with Gasteiger partial charge in [0.15, 0.2) is 0 Å². The van der Waals surface area contributed by atoms with Crippen molar-refractivity contribution in [3.63, 3.8) is 0 Å². The summed E-state index contributed by atoms with van der Waals surface area (Å²) < 4.78 is 28.1. The number of rotatable bonds is 7. The van der Waals surface area contributed by atoms with E-state index in [-0.39, 0.29) is 18.0 Å². The van der Waals surface area contributed by atoms with Gasteiger partial charge in [0.05, 0.1) is 11.4 Å². The fourth-order valence-electron chi connectivity index (χ4n) is 4.34. The Morgan fingerprint density at radius 2 is 1.37 bits per heavy atom. The minimum Gasteiger partial charge on any atom is -0.272 e. The molecule has 0 atom stereocenters. The van der Waals surface area contributed by atoms with E-state index in [0.29, 0.717) is 0 Å². The van der Waals surface area contributed by atoms with Crippen molar-refractivity contribution in [1.82, 2.24) is 9.73 Å². The number of carbonyl (C=O) groups is 1. The van der Waals surface area contributed by atoms with Crippen LogP contribution in [-0.2, 0) is 21.4 Å². The van der Waals surface area contributed by atoms with Gasteiger partial charge in [-0.15, -0.1) is 0 Å². The first kappa shape index (κ1) is 27.1. The molecular weight excluding hydrogens is 458 g/mol. The van der Waals surface area contributed by atoms with E-state index in [9.17, 15) is 13.2 Å². The molecular formula is C28H39N3O3S. The van der Waals surface area contributed by atoms with Crippen LogP contribution in [0.1, 0.15) is 81.8 Å². The number of amides is 1. The lowest BCUT2D eigenvalue weighted by Crippen LogP contribution is -2.39. The van der Waals surface area contributed by atoms with Gasteiger partial charge in [-0.25, -0.2) is 13.8 Å². The number of sulfonamides is 1.